The summed E-state index contributed by atoms with van der Waals surface area (Å²) in [5.41, 5.74) is 4.89. The molecule has 2 heterocycles. The molecule has 0 fully saturated rings. The van der Waals surface area contributed by atoms with E-state index in [0.29, 0.717) is 11.4 Å². The van der Waals surface area contributed by atoms with Crippen LogP contribution in [0.2, 0.25) is 0 Å². The Balaban J connectivity index is 2.53. The normalized spacial score (nSPS) is 9.81. The van der Waals surface area contributed by atoms with E-state index < -0.39 is 0 Å². The molecule has 0 saturated heterocycles. The molecule has 0 aliphatic heterocycles. The van der Waals surface area contributed by atoms with Crippen molar-refractivity contribution in [3.63, 3.8) is 0 Å². The number of anilines is 1. The van der Waals surface area contributed by atoms with Crippen molar-refractivity contribution in [1.29, 1.82) is 5.26 Å². The van der Waals surface area contributed by atoms with Crippen LogP contribution in [-0.2, 0) is 0 Å². The minimum atomic E-state index is 0.410. The van der Waals surface area contributed by atoms with Crippen LogP contribution < -0.4 is 11.3 Å². The maximum Gasteiger partial charge on any atom is 0.158 e. The summed E-state index contributed by atoms with van der Waals surface area (Å²) in [6, 6.07) is 7.62. The van der Waals surface area contributed by atoms with Gasteiger partial charge in [0.2, 0.25) is 0 Å². The second-order valence-electron chi connectivity index (χ2n) is 3.28. The van der Waals surface area contributed by atoms with Gasteiger partial charge in [-0.05, 0) is 36.1 Å². The summed E-state index contributed by atoms with van der Waals surface area (Å²) in [5, 5.41) is 10.9. The van der Waals surface area contributed by atoms with Crippen LogP contribution in [-0.4, -0.2) is 4.98 Å². The van der Waals surface area contributed by atoms with E-state index >= 15 is 0 Å². The minimum Gasteiger partial charge on any atom is -0.307 e. The number of aryl methyl sites for hydroxylation is 1. The molecule has 0 aliphatic rings. The highest BCUT2D eigenvalue weighted by molar-refractivity contribution is 7.13. The van der Waals surface area contributed by atoms with Crippen LogP contribution in [0.15, 0.2) is 23.6 Å². The molecular weight excluding hydrogens is 220 g/mol. The van der Waals surface area contributed by atoms with E-state index in [-0.39, 0.29) is 0 Å². The highest BCUT2D eigenvalue weighted by atomic mass is 32.1. The van der Waals surface area contributed by atoms with Gasteiger partial charge in [-0.15, -0.1) is 11.3 Å². The molecule has 2 aromatic rings. The van der Waals surface area contributed by atoms with E-state index in [1.54, 1.807) is 17.4 Å². The van der Waals surface area contributed by atoms with Gasteiger partial charge in [0, 0.05) is 0 Å². The zero-order valence-electron chi connectivity index (χ0n) is 8.69. The molecule has 16 heavy (non-hydrogen) atoms. The van der Waals surface area contributed by atoms with Gasteiger partial charge >= 0.3 is 0 Å². The number of hydrazine groups is 1. The molecule has 0 saturated carbocycles. The lowest BCUT2D eigenvalue weighted by atomic mass is 10.2. The van der Waals surface area contributed by atoms with E-state index in [1.807, 2.05) is 30.5 Å². The fourth-order valence-electron chi connectivity index (χ4n) is 1.42. The van der Waals surface area contributed by atoms with Gasteiger partial charge in [-0.2, -0.15) is 5.26 Å². The van der Waals surface area contributed by atoms with Gasteiger partial charge < -0.3 is 5.43 Å². The molecule has 80 valence electrons. The average molecular weight is 230 g/mol. The molecule has 0 aromatic carbocycles. The molecule has 0 unspecified atom stereocenters. The molecule has 2 aromatic heterocycles. The lowest BCUT2D eigenvalue weighted by Crippen LogP contribution is -2.10. The first-order valence-electron chi connectivity index (χ1n) is 4.68. The summed E-state index contributed by atoms with van der Waals surface area (Å²) in [7, 11) is 0. The molecule has 0 atom stereocenters. The maximum atomic E-state index is 8.84. The third kappa shape index (κ3) is 1.76. The van der Waals surface area contributed by atoms with Crippen molar-refractivity contribution >= 4 is 17.2 Å². The molecule has 2 rings (SSSR count). The smallest absolute Gasteiger partial charge is 0.158 e. The number of nitrogens with one attached hydrogen (secondary N) is 1. The Labute approximate surface area is 97.3 Å². The Morgan fingerprint density at radius 2 is 2.25 bits per heavy atom. The van der Waals surface area contributed by atoms with E-state index in [2.05, 4.69) is 10.4 Å². The van der Waals surface area contributed by atoms with Crippen LogP contribution in [0.1, 0.15) is 11.1 Å². The summed E-state index contributed by atoms with van der Waals surface area (Å²) in [6.45, 7) is 2.03. The van der Waals surface area contributed by atoms with Gasteiger partial charge in [0.05, 0.1) is 16.1 Å². The maximum absolute atomic E-state index is 8.84. The summed E-state index contributed by atoms with van der Waals surface area (Å²) in [4.78, 5) is 5.42. The molecule has 3 N–H and O–H groups in total. The predicted octanol–water partition coefficient (Wildman–Crippen LogP) is 2.28. The van der Waals surface area contributed by atoms with Gasteiger partial charge in [0.25, 0.3) is 0 Å². The Kier molecular flexibility index (Phi) is 2.86. The predicted molar refractivity (Wildman–Crippen MR) is 64.8 cm³/mol. The second-order valence-corrected chi connectivity index (χ2v) is 4.20. The Bertz CT molecular complexity index is 553. The molecule has 0 aliphatic carbocycles. The number of rotatable bonds is 2. The van der Waals surface area contributed by atoms with Crippen LogP contribution in [0.25, 0.3) is 10.6 Å². The Morgan fingerprint density at radius 3 is 2.81 bits per heavy atom. The van der Waals surface area contributed by atoms with Crippen LogP contribution >= 0.6 is 11.3 Å². The number of nitriles is 1. The second kappa shape index (κ2) is 4.31. The summed E-state index contributed by atoms with van der Waals surface area (Å²) in [6.07, 6.45) is 0. The summed E-state index contributed by atoms with van der Waals surface area (Å²) < 4.78 is 0. The van der Waals surface area contributed by atoms with Crippen molar-refractivity contribution in [2.24, 2.45) is 5.84 Å². The number of hydrogen-bond acceptors (Lipinski definition) is 5. The largest absolute Gasteiger partial charge is 0.307 e. The third-order valence-corrected chi connectivity index (χ3v) is 3.29. The first-order valence-corrected chi connectivity index (χ1v) is 5.56. The number of thiophene rings is 1. The minimum absolute atomic E-state index is 0.410. The topological polar surface area (TPSA) is 74.7 Å². The lowest BCUT2D eigenvalue weighted by Gasteiger charge is -2.04. The number of pyridine rings is 1. The standard InChI is InChI=1S/C11H10N4S/c1-7-4-5-16-10(7)9-3-2-8(6-12)11(14-9)15-13/h2-5H,13H2,1H3,(H,14,15). The van der Waals surface area contributed by atoms with Crippen molar-refractivity contribution in [2.45, 2.75) is 6.92 Å². The van der Waals surface area contributed by atoms with Crippen molar-refractivity contribution in [3.8, 4) is 16.6 Å². The van der Waals surface area contributed by atoms with Gasteiger partial charge in [0.15, 0.2) is 5.82 Å². The summed E-state index contributed by atoms with van der Waals surface area (Å²) in [5.74, 6) is 5.74. The molecule has 0 spiro atoms. The van der Waals surface area contributed by atoms with Crippen LogP contribution in [0.3, 0.4) is 0 Å². The zero-order chi connectivity index (χ0) is 11.5. The quantitative estimate of drug-likeness (QED) is 0.613. The van der Waals surface area contributed by atoms with E-state index in [1.165, 1.54) is 5.56 Å². The van der Waals surface area contributed by atoms with Crippen molar-refractivity contribution in [1.82, 2.24) is 4.98 Å². The van der Waals surface area contributed by atoms with Gasteiger partial charge in [-0.25, -0.2) is 10.8 Å². The fourth-order valence-corrected chi connectivity index (χ4v) is 2.32. The first-order chi connectivity index (χ1) is 7.76. The van der Waals surface area contributed by atoms with E-state index in [4.69, 9.17) is 11.1 Å². The van der Waals surface area contributed by atoms with Gasteiger partial charge in [-0.3, -0.25) is 0 Å². The van der Waals surface area contributed by atoms with E-state index in [9.17, 15) is 0 Å². The van der Waals surface area contributed by atoms with Crippen molar-refractivity contribution in [3.05, 3.63) is 34.7 Å². The molecule has 5 heteroatoms. The van der Waals surface area contributed by atoms with Gasteiger partial charge in [-0.1, -0.05) is 0 Å². The number of nitrogen functional groups attached to an aromatic ring is 1. The number of nitrogens with two attached hydrogens (primary N) is 1. The SMILES string of the molecule is Cc1ccsc1-c1ccc(C#N)c(NN)n1. The lowest BCUT2D eigenvalue weighted by molar-refractivity contribution is 1.22. The highest BCUT2D eigenvalue weighted by Crippen LogP contribution is 2.28. The van der Waals surface area contributed by atoms with Crippen LogP contribution in [0, 0.1) is 18.3 Å². The molecule has 0 amide bonds. The van der Waals surface area contributed by atoms with E-state index in [0.717, 1.165) is 10.6 Å². The van der Waals surface area contributed by atoms with Crippen molar-refractivity contribution < 1.29 is 0 Å². The fraction of sp³-hybridized carbons (Fsp3) is 0.0909. The Morgan fingerprint density at radius 1 is 1.44 bits per heavy atom. The number of hydrogen-bond donors (Lipinski definition) is 2. The monoisotopic (exact) mass is 230 g/mol. The molecule has 0 radical (unpaired) electrons. The zero-order valence-corrected chi connectivity index (χ0v) is 9.51. The average Bonchev–Trinajstić information content (AvgIpc) is 2.74. The summed E-state index contributed by atoms with van der Waals surface area (Å²) >= 11 is 1.62. The van der Waals surface area contributed by atoms with Gasteiger partial charge in [0.1, 0.15) is 6.07 Å². The number of aromatic nitrogens is 1. The first kappa shape index (κ1) is 10.6. The number of nitrogens with zero attached hydrogens (tertiary/aromatic N) is 2. The highest BCUT2D eigenvalue weighted by Gasteiger charge is 2.08. The van der Waals surface area contributed by atoms with Crippen molar-refractivity contribution in [2.75, 3.05) is 5.43 Å². The molecular formula is C11H10N4S. The molecule has 0 bridgehead atoms. The third-order valence-electron chi connectivity index (χ3n) is 2.25. The Hall–Kier alpha value is -1.90. The van der Waals surface area contributed by atoms with Crippen LogP contribution in [0.5, 0.6) is 0 Å². The van der Waals surface area contributed by atoms with Crippen LogP contribution in [0.4, 0.5) is 5.82 Å². The molecule has 4 nitrogen and oxygen atoms in total.